The summed E-state index contributed by atoms with van der Waals surface area (Å²) in [6, 6.07) is 53.7. The lowest BCUT2D eigenvalue weighted by Crippen LogP contribution is -2.15. The van der Waals surface area contributed by atoms with Gasteiger partial charge in [0.05, 0.1) is 0 Å². The molecule has 0 unspecified atom stereocenters. The van der Waals surface area contributed by atoms with Crippen LogP contribution in [0.3, 0.4) is 0 Å². The molecule has 250 valence electrons. The van der Waals surface area contributed by atoms with E-state index in [4.69, 9.17) is 19.4 Å². The second-order valence-electron chi connectivity index (χ2n) is 14.4. The van der Waals surface area contributed by atoms with Crippen molar-refractivity contribution in [3.05, 3.63) is 163 Å². The Labute approximate surface area is 310 Å². The molecule has 0 amide bonds. The maximum Gasteiger partial charge on any atom is 0.164 e. The lowest BCUT2D eigenvalue weighted by Gasteiger charge is -2.22. The Morgan fingerprint density at radius 3 is 1.89 bits per heavy atom. The van der Waals surface area contributed by atoms with Crippen molar-refractivity contribution in [2.45, 2.75) is 19.3 Å². The summed E-state index contributed by atoms with van der Waals surface area (Å²) in [5.41, 5.74) is 12.0. The topological polar surface area (TPSA) is 51.8 Å². The Hall–Kier alpha value is -6.43. The van der Waals surface area contributed by atoms with E-state index in [-0.39, 0.29) is 5.41 Å². The molecule has 5 heteroatoms. The van der Waals surface area contributed by atoms with Crippen molar-refractivity contribution in [3.8, 4) is 56.4 Å². The van der Waals surface area contributed by atoms with Crippen molar-refractivity contribution in [2.75, 3.05) is 0 Å². The predicted octanol–water partition coefficient (Wildman–Crippen LogP) is 13.1. The molecule has 1 aliphatic carbocycles. The summed E-state index contributed by atoms with van der Waals surface area (Å²) in [6.45, 7) is 4.64. The van der Waals surface area contributed by atoms with Crippen LogP contribution >= 0.6 is 11.3 Å². The van der Waals surface area contributed by atoms with Crippen LogP contribution in [-0.2, 0) is 5.41 Å². The zero-order chi connectivity index (χ0) is 35.3. The van der Waals surface area contributed by atoms with Crippen LogP contribution in [0.5, 0.6) is 0 Å². The normalized spacial score (nSPS) is 13.2. The molecule has 7 aromatic carbocycles. The molecule has 3 heterocycles. The fraction of sp³-hybridized carbons (Fsp3) is 0.0625. The molecular weight excluding hydrogens is 667 g/mol. The number of aromatic nitrogens is 3. The van der Waals surface area contributed by atoms with E-state index in [1.165, 1.54) is 42.4 Å². The highest BCUT2D eigenvalue weighted by atomic mass is 32.1. The summed E-state index contributed by atoms with van der Waals surface area (Å²) >= 11 is 1.80. The van der Waals surface area contributed by atoms with Gasteiger partial charge < -0.3 is 4.42 Å². The number of hydrogen-bond acceptors (Lipinski definition) is 5. The van der Waals surface area contributed by atoms with Gasteiger partial charge in [0.25, 0.3) is 0 Å². The van der Waals surface area contributed by atoms with Gasteiger partial charge in [-0.15, -0.1) is 11.3 Å². The minimum absolute atomic E-state index is 0.186. The van der Waals surface area contributed by atoms with Crippen LogP contribution in [-0.4, -0.2) is 15.0 Å². The third-order valence-corrected chi connectivity index (χ3v) is 12.1. The number of furan rings is 1. The molecule has 1 aliphatic rings. The molecule has 10 aromatic rings. The zero-order valence-corrected chi connectivity index (χ0v) is 29.9. The first-order chi connectivity index (χ1) is 26.0. The van der Waals surface area contributed by atoms with Crippen LogP contribution in [0.2, 0.25) is 0 Å². The second kappa shape index (κ2) is 11.3. The molecule has 0 saturated heterocycles. The first-order valence-electron chi connectivity index (χ1n) is 17.9. The van der Waals surface area contributed by atoms with Gasteiger partial charge in [-0.05, 0) is 75.8 Å². The lowest BCUT2D eigenvalue weighted by atomic mass is 9.81. The Kier molecular flexibility index (Phi) is 6.43. The van der Waals surface area contributed by atoms with Gasteiger partial charge >= 0.3 is 0 Å². The number of fused-ring (bicyclic) bond motifs is 9. The van der Waals surface area contributed by atoms with Gasteiger partial charge in [-0.25, -0.2) is 15.0 Å². The second-order valence-corrected chi connectivity index (χ2v) is 15.5. The van der Waals surface area contributed by atoms with Gasteiger partial charge in [-0.1, -0.05) is 123 Å². The average molecular weight is 698 g/mol. The molecule has 0 aliphatic heterocycles. The minimum atomic E-state index is -0.186. The average Bonchev–Trinajstić information content (AvgIpc) is 3.84. The molecule has 0 spiro atoms. The smallest absolute Gasteiger partial charge is 0.164 e. The monoisotopic (exact) mass is 697 g/mol. The highest BCUT2D eigenvalue weighted by Crippen LogP contribution is 2.51. The largest absolute Gasteiger partial charge is 0.456 e. The fourth-order valence-electron chi connectivity index (χ4n) is 8.19. The molecule has 0 bridgehead atoms. The summed E-state index contributed by atoms with van der Waals surface area (Å²) in [6.07, 6.45) is 0. The van der Waals surface area contributed by atoms with Crippen molar-refractivity contribution in [1.82, 2.24) is 15.0 Å². The highest BCUT2D eigenvalue weighted by molar-refractivity contribution is 7.25. The minimum Gasteiger partial charge on any atom is -0.456 e. The molecule has 0 fully saturated rings. The van der Waals surface area contributed by atoms with E-state index in [2.05, 4.69) is 135 Å². The number of benzene rings is 7. The van der Waals surface area contributed by atoms with Crippen LogP contribution in [0, 0.1) is 0 Å². The van der Waals surface area contributed by atoms with E-state index >= 15 is 0 Å². The SMILES string of the molecule is CC1(C)c2cc(-c3cccc(-c4nc(-c5ccccc5)nc(-c5ccc6c(c5)sc5ccccc56)n4)c3)ccc2-c2cc3c(cc21)oc1ccccc13. The quantitative estimate of drug-likeness (QED) is 0.184. The van der Waals surface area contributed by atoms with Crippen LogP contribution in [0.1, 0.15) is 25.0 Å². The van der Waals surface area contributed by atoms with E-state index in [1.54, 1.807) is 11.3 Å². The van der Waals surface area contributed by atoms with Gasteiger partial charge in [-0.3, -0.25) is 0 Å². The Bertz CT molecular complexity index is 3100. The number of thiophene rings is 1. The van der Waals surface area contributed by atoms with Gasteiger partial charge in [-0.2, -0.15) is 0 Å². The third-order valence-electron chi connectivity index (χ3n) is 10.9. The van der Waals surface area contributed by atoms with E-state index in [1.807, 2.05) is 30.3 Å². The maximum atomic E-state index is 6.31. The number of para-hydroxylation sites is 1. The summed E-state index contributed by atoms with van der Waals surface area (Å²) in [4.78, 5) is 15.2. The van der Waals surface area contributed by atoms with Crippen LogP contribution in [0.15, 0.2) is 156 Å². The Balaban J connectivity index is 1.02. The predicted molar refractivity (Wildman–Crippen MR) is 219 cm³/mol. The summed E-state index contributed by atoms with van der Waals surface area (Å²) in [7, 11) is 0. The molecule has 0 N–H and O–H groups in total. The number of nitrogens with zero attached hydrogens (tertiary/aromatic N) is 3. The van der Waals surface area contributed by atoms with Gasteiger partial charge in [0.1, 0.15) is 11.2 Å². The van der Waals surface area contributed by atoms with Gasteiger partial charge in [0.15, 0.2) is 17.5 Å². The van der Waals surface area contributed by atoms with Crippen molar-refractivity contribution < 1.29 is 4.42 Å². The van der Waals surface area contributed by atoms with Crippen molar-refractivity contribution in [2.24, 2.45) is 0 Å². The van der Waals surface area contributed by atoms with E-state index in [0.29, 0.717) is 17.5 Å². The maximum absolute atomic E-state index is 6.31. The molecular formula is C48H31N3OS. The molecule has 4 nitrogen and oxygen atoms in total. The lowest BCUT2D eigenvalue weighted by molar-refractivity contribution is 0.647. The van der Waals surface area contributed by atoms with Gasteiger partial charge in [0, 0.05) is 53.1 Å². The molecule has 3 aromatic heterocycles. The van der Waals surface area contributed by atoms with Crippen LogP contribution < -0.4 is 0 Å². The summed E-state index contributed by atoms with van der Waals surface area (Å²) < 4.78 is 8.80. The first kappa shape index (κ1) is 30.2. The van der Waals surface area contributed by atoms with Crippen molar-refractivity contribution >= 4 is 53.4 Å². The van der Waals surface area contributed by atoms with E-state index in [0.717, 1.165) is 49.8 Å². The zero-order valence-electron chi connectivity index (χ0n) is 29.1. The van der Waals surface area contributed by atoms with Crippen LogP contribution in [0.4, 0.5) is 0 Å². The first-order valence-corrected chi connectivity index (χ1v) is 18.7. The summed E-state index contributed by atoms with van der Waals surface area (Å²) in [5.74, 6) is 1.97. The Morgan fingerprint density at radius 1 is 0.415 bits per heavy atom. The number of hydrogen-bond donors (Lipinski definition) is 0. The third kappa shape index (κ3) is 4.71. The Morgan fingerprint density at radius 2 is 1.04 bits per heavy atom. The molecule has 0 saturated carbocycles. The van der Waals surface area contributed by atoms with Crippen LogP contribution in [0.25, 0.3) is 98.5 Å². The molecule has 0 atom stereocenters. The molecule has 0 radical (unpaired) electrons. The summed E-state index contributed by atoms with van der Waals surface area (Å²) in [5, 5.41) is 4.85. The molecule has 53 heavy (non-hydrogen) atoms. The van der Waals surface area contributed by atoms with Crippen molar-refractivity contribution in [3.63, 3.8) is 0 Å². The fourth-order valence-corrected chi connectivity index (χ4v) is 9.33. The van der Waals surface area contributed by atoms with E-state index < -0.39 is 0 Å². The van der Waals surface area contributed by atoms with Gasteiger partial charge in [0.2, 0.25) is 0 Å². The standard InChI is InChI=1S/C48H31N3OS/c1-48(2)39-24-30(19-21-33(39)37-26-38-34-15-6-8-17-41(34)52-42(38)27-40(37)48)29-13-10-14-31(23-29)46-49-45(28-11-4-3-5-12-28)50-47(51-46)32-20-22-36-35-16-7-9-18-43(35)53-44(36)25-32/h3-27H,1-2H3. The molecule has 11 rings (SSSR count). The van der Waals surface area contributed by atoms with E-state index in [9.17, 15) is 0 Å². The van der Waals surface area contributed by atoms with Crippen molar-refractivity contribution in [1.29, 1.82) is 0 Å². The number of rotatable bonds is 4. The highest BCUT2D eigenvalue weighted by Gasteiger charge is 2.36.